The van der Waals surface area contributed by atoms with Crippen LogP contribution in [0.1, 0.15) is 31.4 Å². The van der Waals surface area contributed by atoms with Crippen molar-refractivity contribution in [2.24, 2.45) is 5.73 Å². The predicted molar refractivity (Wildman–Crippen MR) is 71.5 cm³/mol. The lowest BCUT2D eigenvalue weighted by Gasteiger charge is -2.10. The molecule has 0 amide bonds. The normalized spacial score (nSPS) is 10.7. The Kier molecular flexibility index (Phi) is 11.2. The SMILES string of the molecule is CCOC(=O)CC[C@H](N)c1cccnc1.Cl.Cl. The van der Waals surface area contributed by atoms with Gasteiger partial charge in [0.05, 0.1) is 6.61 Å². The van der Waals surface area contributed by atoms with Crippen molar-refractivity contribution in [3.05, 3.63) is 30.1 Å². The zero-order valence-corrected chi connectivity index (χ0v) is 11.3. The highest BCUT2D eigenvalue weighted by Crippen LogP contribution is 2.14. The molecular formula is C11H18Cl2N2O2. The molecule has 17 heavy (non-hydrogen) atoms. The van der Waals surface area contributed by atoms with Crippen LogP contribution in [0.3, 0.4) is 0 Å². The van der Waals surface area contributed by atoms with Gasteiger partial charge in [0.15, 0.2) is 0 Å². The van der Waals surface area contributed by atoms with E-state index in [-0.39, 0.29) is 36.8 Å². The number of hydrogen-bond acceptors (Lipinski definition) is 4. The van der Waals surface area contributed by atoms with Gasteiger partial charge in [0, 0.05) is 24.9 Å². The van der Waals surface area contributed by atoms with E-state index in [1.165, 1.54) is 0 Å². The number of rotatable bonds is 5. The number of hydrogen-bond donors (Lipinski definition) is 1. The zero-order chi connectivity index (χ0) is 11.1. The van der Waals surface area contributed by atoms with Crippen LogP contribution in [0.4, 0.5) is 0 Å². The number of aromatic nitrogens is 1. The van der Waals surface area contributed by atoms with E-state index in [9.17, 15) is 4.79 Å². The molecule has 0 saturated carbocycles. The molecule has 1 aromatic heterocycles. The first kappa shape index (κ1) is 18.5. The quantitative estimate of drug-likeness (QED) is 0.841. The molecule has 0 aliphatic rings. The fourth-order valence-corrected chi connectivity index (χ4v) is 1.27. The summed E-state index contributed by atoms with van der Waals surface area (Å²) in [6, 6.07) is 3.59. The highest BCUT2D eigenvalue weighted by atomic mass is 35.5. The standard InChI is InChI=1S/C11H16N2O2.2ClH/c1-2-15-11(14)6-5-10(12)9-4-3-7-13-8-9;;/h3-4,7-8,10H,2,5-6,12H2,1H3;2*1H/t10-;;/m0../s1. The number of pyridine rings is 1. The van der Waals surface area contributed by atoms with Gasteiger partial charge in [-0.3, -0.25) is 9.78 Å². The van der Waals surface area contributed by atoms with E-state index in [1.807, 2.05) is 12.1 Å². The first-order chi connectivity index (χ1) is 7.24. The van der Waals surface area contributed by atoms with Gasteiger partial charge in [-0.1, -0.05) is 6.07 Å². The Morgan fingerprint density at radius 2 is 2.24 bits per heavy atom. The van der Waals surface area contributed by atoms with E-state index in [2.05, 4.69) is 4.98 Å². The van der Waals surface area contributed by atoms with Gasteiger partial charge < -0.3 is 10.5 Å². The van der Waals surface area contributed by atoms with Crippen molar-refractivity contribution in [3.8, 4) is 0 Å². The second-order valence-electron chi connectivity index (χ2n) is 3.24. The molecule has 0 unspecified atom stereocenters. The van der Waals surface area contributed by atoms with E-state index >= 15 is 0 Å². The summed E-state index contributed by atoms with van der Waals surface area (Å²) in [6.45, 7) is 2.21. The van der Waals surface area contributed by atoms with Crippen LogP contribution < -0.4 is 5.73 Å². The van der Waals surface area contributed by atoms with Gasteiger partial charge in [-0.25, -0.2) is 0 Å². The highest BCUT2D eigenvalue weighted by molar-refractivity contribution is 5.85. The minimum atomic E-state index is -0.197. The van der Waals surface area contributed by atoms with Crippen LogP contribution in [0.5, 0.6) is 0 Å². The molecule has 1 heterocycles. The fraction of sp³-hybridized carbons (Fsp3) is 0.455. The Hall–Kier alpha value is -0.840. The molecule has 0 aliphatic carbocycles. The number of nitrogens with two attached hydrogens (primary N) is 1. The highest BCUT2D eigenvalue weighted by Gasteiger charge is 2.09. The molecule has 98 valence electrons. The summed E-state index contributed by atoms with van der Waals surface area (Å²) in [6.07, 6.45) is 4.35. The predicted octanol–water partition coefficient (Wildman–Crippen LogP) is 2.27. The Morgan fingerprint density at radius 3 is 2.76 bits per heavy atom. The molecule has 0 saturated heterocycles. The van der Waals surface area contributed by atoms with Gasteiger partial charge in [-0.15, -0.1) is 24.8 Å². The van der Waals surface area contributed by atoms with E-state index in [1.54, 1.807) is 19.3 Å². The third-order valence-corrected chi connectivity index (χ3v) is 2.08. The van der Waals surface area contributed by atoms with Crippen molar-refractivity contribution in [2.75, 3.05) is 6.61 Å². The minimum Gasteiger partial charge on any atom is -0.466 e. The Bertz CT molecular complexity index is 310. The minimum absolute atomic E-state index is 0. The van der Waals surface area contributed by atoms with Crippen LogP contribution in [-0.2, 0) is 9.53 Å². The van der Waals surface area contributed by atoms with Crippen LogP contribution in [0, 0.1) is 0 Å². The Balaban J connectivity index is 0. The third kappa shape index (κ3) is 7.15. The second-order valence-corrected chi connectivity index (χ2v) is 3.24. The first-order valence-electron chi connectivity index (χ1n) is 5.05. The Labute approximate surface area is 114 Å². The van der Waals surface area contributed by atoms with E-state index in [4.69, 9.17) is 10.5 Å². The number of halogens is 2. The van der Waals surface area contributed by atoms with Crippen molar-refractivity contribution >= 4 is 30.8 Å². The number of carbonyl (C=O) groups is 1. The molecule has 0 fully saturated rings. The van der Waals surface area contributed by atoms with Crippen LogP contribution in [0.15, 0.2) is 24.5 Å². The molecule has 1 aromatic rings. The van der Waals surface area contributed by atoms with E-state index in [0.717, 1.165) is 5.56 Å². The molecule has 1 rings (SSSR count). The fourth-order valence-electron chi connectivity index (χ4n) is 1.27. The lowest BCUT2D eigenvalue weighted by Crippen LogP contribution is -2.13. The van der Waals surface area contributed by atoms with Crippen LogP contribution in [0.25, 0.3) is 0 Å². The van der Waals surface area contributed by atoms with Gasteiger partial charge in [-0.2, -0.15) is 0 Å². The third-order valence-electron chi connectivity index (χ3n) is 2.08. The average Bonchev–Trinajstić information content (AvgIpc) is 2.27. The largest absolute Gasteiger partial charge is 0.466 e. The monoisotopic (exact) mass is 280 g/mol. The Morgan fingerprint density at radius 1 is 1.53 bits per heavy atom. The number of esters is 1. The van der Waals surface area contributed by atoms with Gasteiger partial charge >= 0.3 is 5.97 Å². The van der Waals surface area contributed by atoms with Crippen molar-refractivity contribution in [1.82, 2.24) is 4.98 Å². The summed E-state index contributed by atoms with van der Waals surface area (Å²) in [4.78, 5) is 15.1. The number of nitrogens with zero attached hydrogens (tertiary/aromatic N) is 1. The average molecular weight is 281 g/mol. The van der Waals surface area contributed by atoms with Crippen molar-refractivity contribution in [2.45, 2.75) is 25.8 Å². The molecule has 6 heteroatoms. The topological polar surface area (TPSA) is 65.2 Å². The second kappa shape index (κ2) is 10.3. The molecule has 1 atom stereocenters. The molecule has 2 N–H and O–H groups in total. The smallest absolute Gasteiger partial charge is 0.305 e. The lowest BCUT2D eigenvalue weighted by molar-refractivity contribution is -0.143. The summed E-state index contributed by atoms with van der Waals surface area (Å²) < 4.78 is 4.82. The van der Waals surface area contributed by atoms with Gasteiger partial charge in [0.25, 0.3) is 0 Å². The van der Waals surface area contributed by atoms with Crippen LogP contribution >= 0.6 is 24.8 Å². The maximum Gasteiger partial charge on any atom is 0.305 e. The van der Waals surface area contributed by atoms with E-state index in [0.29, 0.717) is 19.4 Å². The molecular weight excluding hydrogens is 263 g/mol. The summed E-state index contributed by atoms with van der Waals surface area (Å²) in [5.41, 5.74) is 6.84. The van der Waals surface area contributed by atoms with Crippen molar-refractivity contribution < 1.29 is 9.53 Å². The molecule has 0 spiro atoms. The molecule has 0 bridgehead atoms. The lowest BCUT2D eigenvalue weighted by atomic mass is 10.1. The van der Waals surface area contributed by atoms with Crippen LogP contribution in [-0.4, -0.2) is 17.6 Å². The summed E-state index contributed by atoms with van der Waals surface area (Å²) >= 11 is 0. The summed E-state index contributed by atoms with van der Waals surface area (Å²) in [5.74, 6) is -0.197. The molecule has 4 nitrogen and oxygen atoms in total. The summed E-state index contributed by atoms with van der Waals surface area (Å²) in [7, 11) is 0. The maximum atomic E-state index is 11.1. The molecule has 0 radical (unpaired) electrons. The van der Waals surface area contributed by atoms with Crippen molar-refractivity contribution in [1.29, 1.82) is 0 Å². The molecule has 0 aromatic carbocycles. The van der Waals surface area contributed by atoms with Crippen LogP contribution in [0.2, 0.25) is 0 Å². The molecule has 0 aliphatic heterocycles. The first-order valence-corrected chi connectivity index (χ1v) is 5.05. The van der Waals surface area contributed by atoms with Gasteiger partial charge in [-0.05, 0) is 25.0 Å². The maximum absolute atomic E-state index is 11.1. The van der Waals surface area contributed by atoms with Gasteiger partial charge in [0.1, 0.15) is 0 Å². The van der Waals surface area contributed by atoms with Gasteiger partial charge in [0.2, 0.25) is 0 Å². The summed E-state index contributed by atoms with van der Waals surface area (Å²) in [5, 5.41) is 0. The number of ether oxygens (including phenoxy) is 1. The zero-order valence-electron chi connectivity index (χ0n) is 9.67. The van der Waals surface area contributed by atoms with E-state index < -0.39 is 0 Å². The number of carbonyl (C=O) groups excluding carboxylic acids is 1. The van der Waals surface area contributed by atoms with Crippen molar-refractivity contribution in [3.63, 3.8) is 0 Å².